The van der Waals surface area contributed by atoms with Crippen molar-refractivity contribution in [2.75, 3.05) is 6.61 Å². The number of terminal acetylenes is 1. The minimum absolute atomic E-state index is 0.204. The van der Waals surface area contributed by atoms with Crippen LogP contribution in [0.15, 0.2) is 29.4 Å². The van der Waals surface area contributed by atoms with E-state index in [2.05, 4.69) is 17.1 Å². The molecule has 0 atom stereocenters. The molecule has 0 aliphatic rings. The number of nitrogens with zero attached hydrogens (tertiary/aromatic N) is 1. The maximum atomic E-state index is 4.95. The van der Waals surface area contributed by atoms with Crippen LogP contribution in [-0.2, 0) is 4.84 Å². The first kappa shape index (κ1) is 8.35. The van der Waals surface area contributed by atoms with Crippen molar-refractivity contribution in [3.05, 3.63) is 35.9 Å². The molecule has 0 saturated heterocycles. The molecule has 0 unspecified atom stereocenters. The summed E-state index contributed by atoms with van der Waals surface area (Å²) in [7, 11) is 0. The van der Waals surface area contributed by atoms with E-state index in [-0.39, 0.29) is 6.61 Å². The maximum absolute atomic E-state index is 4.95. The summed E-state index contributed by atoms with van der Waals surface area (Å²) in [4.78, 5) is 4.71. The molecule has 0 amide bonds. The average Bonchev–Trinajstić information content (AvgIpc) is 2.14. The van der Waals surface area contributed by atoms with Gasteiger partial charge in [0.05, 0.1) is 6.21 Å². The number of hydrogen-bond donors (Lipinski definition) is 0. The summed E-state index contributed by atoms with van der Waals surface area (Å²) in [6.45, 7) is 0.204. The van der Waals surface area contributed by atoms with Gasteiger partial charge in [0, 0.05) is 0 Å². The van der Waals surface area contributed by atoms with E-state index in [1.54, 1.807) is 6.21 Å². The van der Waals surface area contributed by atoms with Crippen LogP contribution in [-0.4, -0.2) is 12.8 Å². The van der Waals surface area contributed by atoms with Crippen LogP contribution in [0.4, 0.5) is 0 Å². The molecule has 2 heteroatoms. The van der Waals surface area contributed by atoms with Crippen molar-refractivity contribution in [3.63, 3.8) is 0 Å². The molecule has 0 N–H and O–H groups in total. The largest absolute Gasteiger partial charge is 0.383 e. The Morgan fingerprint density at radius 1 is 1.58 bits per heavy atom. The molecule has 0 heterocycles. The number of benzene rings is 1. The first-order valence-electron chi connectivity index (χ1n) is 3.48. The van der Waals surface area contributed by atoms with Crippen LogP contribution in [0.1, 0.15) is 5.56 Å². The van der Waals surface area contributed by atoms with E-state index < -0.39 is 0 Å². The quantitative estimate of drug-likeness (QED) is 0.282. The second kappa shape index (κ2) is 4.97. The van der Waals surface area contributed by atoms with E-state index in [1.807, 2.05) is 24.3 Å². The molecule has 0 spiro atoms. The number of oxime groups is 1. The topological polar surface area (TPSA) is 21.6 Å². The SMILES string of the molecule is C#CCON=Cc1cc[c]cc1. The summed E-state index contributed by atoms with van der Waals surface area (Å²) in [5.74, 6) is 2.31. The second-order valence-corrected chi connectivity index (χ2v) is 2.05. The molecule has 1 rings (SSSR count). The first-order chi connectivity index (χ1) is 5.93. The Bertz CT molecular complexity index is 284. The minimum Gasteiger partial charge on any atom is -0.383 e. The maximum Gasteiger partial charge on any atom is 0.177 e. The van der Waals surface area contributed by atoms with E-state index in [9.17, 15) is 0 Å². The third kappa shape index (κ3) is 2.89. The Hall–Kier alpha value is -1.75. The van der Waals surface area contributed by atoms with Gasteiger partial charge in [-0.25, -0.2) is 0 Å². The molecule has 0 saturated carbocycles. The Balaban J connectivity index is 2.43. The van der Waals surface area contributed by atoms with Crippen molar-refractivity contribution in [1.82, 2.24) is 0 Å². The molecule has 0 aromatic heterocycles. The molecular formula is C10H8NO. The zero-order chi connectivity index (χ0) is 8.65. The lowest BCUT2D eigenvalue weighted by atomic mass is 10.2. The van der Waals surface area contributed by atoms with E-state index in [4.69, 9.17) is 11.3 Å². The van der Waals surface area contributed by atoms with Gasteiger partial charge in [0.1, 0.15) is 0 Å². The molecule has 2 nitrogen and oxygen atoms in total. The van der Waals surface area contributed by atoms with Gasteiger partial charge >= 0.3 is 0 Å². The minimum atomic E-state index is 0.204. The van der Waals surface area contributed by atoms with E-state index >= 15 is 0 Å². The fourth-order valence-corrected chi connectivity index (χ4v) is 0.659. The Kier molecular flexibility index (Phi) is 3.46. The van der Waals surface area contributed by atoms with E-state index in [1.165, 1.54) is 0 Å². The lowest BCUT2D eigenvalue weighted by Gasteiger charge is -1.90. The van der Waals surface area contributed by atoms with Gasteiger partial charge < -0.3 is 4.84 Å². The molecule has 1 aromatic rings. The Morgan fingerprint density at radius 2 is 2.33 bits per heavy atom. The monoisotopic (exact) mass is 158 g/mol. The second-order valence-electron chi connectivity index (χ2n) is 2.05. The number of rotatable bonds is 3. The van der Waals surface area contributed by atoms with Gasteiger partial charge in [-0.05, 0) is 11.6 Å². The van der Waals surface area contributed by atoms with Crippen LogP contribution in [0.3, 0.4) is 0 Å². The zero-order valence-electron chi connectivity index (χ0n) is 6.53. The molecule has 0 fully saturated rings. The summed E-state index contributed by atoms with van der Waals surface area (Å²) in [6, 6.07) is 10.3. The van der Waals surface area contributed by atoms with E-state index in [0.717, 1.165) is 5.56 Å². The van der Waals surface area contributed by atoms with Crippen LogP contribution >= 0.6 is 0 Å². The van der Waals surface area contributed by atoms with Crippen LogP contribution in [0.2, 0.25) is 0 Å². The van der Waals surface area contributed by atoms with Crippen LogP contribution < -0.4 is 0 Å². The highest BCUT2D eigenvalue weighted by atomic mass is 16.6. The van der Waals surface area contributed by atoms with Crippen molar-refractivity contribution in [1.29, 1.82) is 0 Å². The highest BCUT2D eigenvalue weighted by Crippen LogP contribution is 1.93. The van der Waals surface area contributed by atoms with Gasteiger partial charge in [-0.3, -0.25) is 0 Å². The van der Waals surface area contributed by atoms with Gasteiger partial charge in [-0.1, -0.05) is 35.3 Å². The predicted molar refractivity (Wildman–Crippen MR) is 47.7 cm³/mol. The molecule has 0 bridgehead atoms. The first-order valence-corrected chi connectivity index (χ1v) is 3.48. The molecule has 1 radical (unpaired) electrons. The summed E-state index contributed by atoms with van der Waals surface area (Å²) in [5.41, 5.74) is 0.964. The summed E-state index contributed by atoms with van der Waals surface area (Å²) in [6.07, 6.45) is 6.56. The van der Waals surface area contributed by atoms with Crippen molar-refractivity contribution in [2.24, 2.45) is 5.16 Å². The van der Waals surface area contributed by atoms with Gasteiger partial charge in [0.15, 0.2) is 6.61 Å². The highest BCUT2D eigenvalue weighted by Gasteiger charge is 1.82. The third-order valence-corrected chi connectivity index (χ3v) is 1.17. The van der Waals surface area contributed by atoms with Gasteiger partial charge in [0.25, 0.3) is 0 Å². The summed E-state index contributed by atoms with van der Waals surface area (Å²) < 4.78 is 0. The summed E-state index contributed by atoms with van der Waals surface area (Å²) >= 11 is 0. The van der Waals surface area contributed by atoms with Crippen LogP contribution in [0.25, 0.3) is 0 Å². The molecule has 1 aromatic carbocycles. The lowest BCUT2D eigenvalue weighted by Crippen LogP contribution is -1.84. The molecule has 59 valence electrons. The highest BCUT2D eigenvalue weighted by molar-refractivity contribution is 5.78. The van der Waals surface area contributed by atoms with Crippen molar-refractivity contribution >= 4 is 6.21 Å². The molecular weight excluding hydrogens is 150 g/mol. The Labute approximate surface area is 71.9 Å². The zero-order valence-corrected chi connectivity index (χ0v) is 6.53. The van der Waals surface area contributed by atoms with Gasteiger partial charge in [-0.2, -0.15) is 0 Å². The third-order valence-electron chi connectivity index (χ3n) is 1.17. The fourth-order valence-electron chi connectivity index (χ4n) is 0.659. The molecule has 0 aliphatic heterocycles. The van der Waals surface area contributed by atoms with Gasteiger partial charge in [0.2, 0.25) is 0 Å². The van der Waals surface area contributed by atoms with Crippen molar-refractivity contribution in [3.8, 4) is 12.3 Å². The Morgan fingerprint density at radius 3 is 3.00 bits per heavy atom. The smallest absolute Gasteiger partial charge is 0.177 e. The fraction of sp³-hybridized carbons (Fsp3) is 0.100. The number of hydrogen-bond acceptors (Lipinski definition) is 2. The van der Waals surface area contributed by atoms with E-state index in [0.29, 0.717) is 0 Å². The predicted octanol–water partition coefficient (Wildman–Crippen LogP) is 1.47. The van der Waals surface area contributed by atoms with Crippen molar-refractivity contribution < 1.29 is 4.84 Å². The van der Waals surface area contributed by atoms with Crippen LogP contribution in [0, 0.1) is 18.4 Å². The summed E-state index contributed by atoms with van der Waals surface area (Å²) in [5, 5.41) is 3.65. The normalized spacial score (nSPS) is 9.58. The van der Waals surface area contributed by atoms with Crippen molar-refractivity contribution in [2.45, 2.75) is 0 Å². The standard InChI is InChI=1S/C10H8NO/c1-2-8-12-11-9-10-6-4-3-5-7-10/h1,4-7,9H,8H2. The van der Waals surface area contributed by atoms with Crippen LogP contribution in [0.5, 0.6) is 0 Å². The lowest BCUT2D eigenvalue weighted by molar-refractivity contribution is 0.181. The van der Waals surface area contributed by atoms with Gasteiger partial charge in [-0.15, -0.1) is 6.42 Å². The molecule has 12 heavy (non-hydrogen) atoms. The average molecular weight is 158 g/mol. The molecule has 0 aliphatic carbocycles.